The Labute approximate surface area is 150 Å². The third-order valence-corrected chi connectivity index (χ3v) is 4.34. The first kappa shape index (κ1) is 15.8. The number of hydrogen-bond acceptors (Lipinski definition) is 3. The van der Waals surface area contributed by atoms with Gasteiger partial charge in [0.25, 0.3) is 11.8 Å². The number of H-pyrrole nitrogens is 1. The summed E-state index contributed by atoms with van der Waals surface area (Å²) in [5, 5.41) is 5.73. The molecule has 2 amide bonds. The van der Waals surface area contributed by atoms with Crippen LogP contribution >= 0.6 is 0 Å². The number of nitrogens with one attached hydrogen (secondary N) is 3. The van der Waals surface area contributed by atoms with Crippen LogP contribution in [0.15, 0.2) is 61.1 Å². The molecule has 3 aromatic rings. The number of carbonyl (C=O) groups is 2. The predicted molar refractivity (Wildman–Crippen MR) is 101 cm³/mol. The fraction of sp³-hybridized carbons (Fsp3) is 0.0500. The largest absolute Gasteiger partial charge is 0.361 e. The van der Waals surface area contributed by atoms with Gasteiger partial charge in [0, 0.05) is 46.8 Å². The molecule has 1 aliphatic rings. The summed E-state index contributed by atoms with van der Waals surface area (Å²) in [5.74, 6) is -0.374. The first-order valence-electron chi connectivity index (χ1n) is 8.15. The Balaban J connectivity index is 1.70. The van der Waals surface area contributed by atoms with Crippen LogP contribution in [0.5, 0.6) is 0 Å². The van der Waals surface area contributed by atoms with Gasteiger partial charge in [-0.25, -0.2) is 0 Å². The minimum atomic E-state index is -0.226. The number of amides is 2. The van der Waals surface area contributed by atoms with Gasteiger partial charge in [-0.2, -0.15) is 0 Å². The van der Waals surface area contributed by atoms with Gasteiger partial charge >= 0.3 is 0 Å². The number of fused-ring (bicyclic) bond motifs is 1. The summed E-state index contributed by atoms with van der Waals surface area (Å²) in [5.41, 5.74) is 4.99. The van der Waals surface area contributed by atoms with Crippen molar-refractivity contribution in [2.75, 3.05) is 10.6 Å². The van der Waals surface area contributed by atoms with Crippen LogP contribution in [-0.2, 0) is 4.79 Å². The molecular formula is C20H16N4O2. The molecule has 6 heteroatoms. The molecule has 1 aromatic carbocycles. The van der Waals surface area contributed by atoms with Crippen molar-refractivity contribution in [2.45, 2.75) is 6.92 Å². The Bertz CT molecular complexity index is 1020. The molecule has 0 radical (unpaired) electrons. The maximum atomic E-state index is 12.4. The highest BCUT2D eigenvalue weighted by Gasteiger charge is 2.27. The fourth-order valence-electron chi connectivity index (χ4n) is 3.02. The number of rotatable bonds is 3. The quantitative estimate of drug-likeness (QED) is 0.635. The number of anilines is 2. The molecule has 128 valence electrons. The molecule has 0 spiro atoms. The Morgan fingerprint density at radius 3 is 2.65 bits per heavy atom. The lowest BCUT2D eigenvalue weighted by Gasteiger charge is -2.08. The number of aromatic amines is 1. The van der Waals surface area contributed by atoms with Gasteiger partial charge in [-0.05, 0) is 55.0 Å². The van der Waals surface area contributed by atoms with Gasteiger partial charge in [0.1, 0.15) is 0 Å². The van der Waals surface area contributed by atoms with E-state index in [9.17, 15) is 9.59 Å². The molecule has 26 heavy (non-hydrogen) atoms. The van der Waals surface area contributed by atoms with Crippen LogP contribution in [0.4, 0.5) is 11.4 Å². The second-order valence-electron chi connectivity index (χ2n) is 5.99. The third kappa shape index (κ3) is 2.77. The molecule has 0 atom stereocenters. The topological polar surface area (TPSA) is 86.9 Å². The van der Waals surface area contributed by atoms with Crippen molar-refractivity contribution in [2.24, 2.45) is 0 Å². The molecule has 0 saturated carbocycles. The van der Waals surface area contributed by atoms with Crippen molar-refractivity contribution >= 4 is 34.3 Å². The molecule has 0 aliphatic carbocycles. The molecule has 2 aromatic heterocycles. The Kier molecular flexibility index (Phi) is 3.85. The number of pyridine rings is 1. The lowest BCUT2D eigenvalue weighted by Crippen LogP contribution is -2.11. The fourth-order valence-corrected chi connectivity index (χ4v) is 3.02. The van der Waals surface area contributed by atoms with Crippen LogP contribution < -0.4 is 10.6 Å². The summed E-state index contributed by atoms with van der Waals surface area (Å²) < 4.78 is 0. The van der Waals surface area contributed by atoms with Crippen molar-refractivity contribution in [3.8, 4) is 0 Å². The lowest BCUT2D eigenvalue weighted by molar-refractivity contribution is -0.110. The van der Waals surface area contributed by atoms with Gasteiger partial charge in [-0.1, -0.05) is 0 Å². The number of nitrogens with zero attached hydrogens (tertiary/aromatic N) is 1. The zero-order valence-electron chi connectivity index (χ0n) is 14.0. The molecule has 6 nitrogen and oxygen atoms in total. The molecule has 3 N–H and O–H groups in total. The van der Waals surface area contributed by atoms with Gasteiger partial charge in [-0.15, -0.1) is 0 Å². The number of hydrogen-bond donors (Lipinski definition) is 3. The van der Waals surface area contributed by atoms with Gasteiger partial charge in [0.2, 0.25) is 0 Å². The maximum Gasteiger partial charge on any atom is 0.256 e. The monoisotopic (exact) mass is 344 g/mol. The van der Waals surface area contributed by atoms with E-state index in [0.717, 1.165) is 22.5 Å². The summed E-state index contributed by atoms with van der Waals surface area (Å²) >= 11 is 0. The van der Waals surface area contributed by atoms with Crippen molar-refractivity contribution in [3.63, 3.8) is 0 Å². The Morgan fingerprint density at radius 2 is 1.92 bits per heavy atom. The number of benzene rings is 1. The van der Waals surface area contributed by atoms with E-state index in [4.69, 9.17) is 0 Å². The minimum Gasteiger partial charge on any atom is -0.361 e. The molecule has 3 heterocycles. The Hall–Kier alpha value is -3.67. The van der Waals surface area contributed by atoms with E-state index in [1.54, 1.807) is 36.7 Å². The van der Waals surface area contributed by atoms with Crippen molar-refractivity contribution in [1.29, 1.82) is 0 Å². The van der Waals surface area contributed by atoms with E-state index in [1.165, 1.54) is 0 Å². The van der Waals surface area contributed by atoms with E-state index in [-0.39, 0.29) is 11.8 Å². The normalized spacial score (nSPS) is 14.6. The van der Waals surface area contributed by atoms with Crippen LogP contribution in [-0.4, -0.2) is 21.8 Å². The summed E-state index contributed by atoms with van der Waals surface area (Å²) in [4.78, 5) is 31.8. The molecule has 0 unspecified atom stereocenters. The molecule has 0 fully saturated rings. The van der Waals surface area contributed by atoms with E-state index in [0.29, 0.717) is 16.8 Å². The van der Waals surface area contributed by atoms with Gasteiger partial charge in [-0.3, -0.25) is 14.6 Å². The van der Waals surface area contributed by atoms with Gasteiger partial charge in [0.15, 0.2) is 0 Å². The van der Waals surface area contributed by atoms with Crippen molar-refractivity contribution < 1.29 is 9.59 Å². The highest BCUT2D eigenvalue weighted by Crippen LogP contribution is 2.38. The second-order valence-corrected chi connectivity index (χ2v) is 5.99. The molecular weight excluding hydrogens is 328 g/mol. The summed E-state index contributed by atoms with van der Waals surface area (Å²) in [7, 11) is 0. The maximum absolute atomic E-state index is 12.4. The van der Waals surface area contributed by atoms with E-state index in [2.05, 4.69) is 20.6 Å². The molecule has 0 bridgehead atoms. The number of carbonyl (C=O) groups excluding carboxylic acids is 2. The van der Waals surface area contributed by atoms with Crippen LogP contribution in [0.2, 0.25) is 0 Å². The van der Waals surface area contributed by atoms with E-state index >= 15 is 0 Å². The number of aromatic nitrogens is 2. The molecule has 1 aliphatic heterocycles. The second kappa shape index (κ2) is 6.33. The summed E-state index contributed by atoms with van der Waals surface area (Å²) in [6.45, 7) is 1.90. The first-order chi connectivity index (χ1) is 12.6. The van der Waals surface area contributed by atoms with Crippen LogP contribution in [0, 0.1) is 0 Å². The smallest absolute Gasteiger partial charge is 0.256 e. The van der Waals surface area contributed by atoms with E-state index in [1.807, 2.05) is 31.3 Å². The summed E-state index contributed by atoms with van der Waals surface area (Å²) in [6.07, 6.45) is 4.96. The molecule has 4 rings (SSSR count). The SMILES string of the molecule is C/C(=C1/C(=O)Nc2ccc(NC(=O)c3ccncc3)cc21)c1ccc[nH]1. The third-order valence-electron chi connectivity index (χ3n) is 4.34. The van der Waals surface area contributed by atoms with Gasteiger partial charge < -0.3 is 15.6 Å². The predicted octanol–water partition coefficient (Wildman–Crippen LogP) is 3.54. The van der Waals surface area contributed by atoms with Gasteiger partial charge in [0.05, 0.1) is 5.57 Å². The summed E-state index contributed by atoms with van der Waals surface area (Å²) in [6, 6.07) is 12.5. The highest BCUT2D eigenvalue weighted by atomic mass is 16.2. The first-order valence-corrected chi connectivity index (χ1v) is 8.15. The molecule has 0 saturated heterocycles. The van der Waals surface area contributed by atoms with Crippen LogP contribution in [0.3, 0.4) is 0 Å². The Morgan fingerprint density at radius 1 is 1.12 bits per heavy atom. The van der Waals surface area contributed by atoms with Crippen LogP contribution in [0.25, 0.3) is 11.1 Å². The van der Waals surface area contributed by atoms with E-state index < -0.39 is 0 Å². The van der Waals surface area contributed by atoms with Crippen LogP contribution in [0.1, 0.15) is 28.5 Å². The zero-order valence-corrected chi connectivity index (χ0v) is 14.0. The average molecular weight is 344 g/mol. The highest BCUT2D eigenvalue weighted by molar-refractivity contribution is 6.36. The van der Waals surface area contributed by atoms with Crippen molar-refractivity contribution in [1.82, 2.24) is 9.97 Å². The zero-order chi connectivity index (χ0) is 18.1. The minimum absolute atomic E-state index is 0.148. The standard InChI is InChI=1S/C20H16N4O2/c1-12(16-3-2-8-22-16)18-15-11-14(4-5-17(15)24-20(18)26)23-19(25)13-6-9-21-10-7-13/h2-11,22H,1H3,(H,23,25)(H,24,26)/b18-12-. The average Bonchev–Trinajstić information content (AvgIpc) is 3.29. The lowest BCUT2D eigenvalue weighted by atomic mass is 9.99. The van der Waals surface area contributed by atoms with Crippen molar-refractivity contribution in [3.05, 3.63) is 77.9 Å². The number of allylic oxidation sites excluding steroid dienone is 1.